The van der Waals surface area contributed by atoms with Crippen LogP contribution >= 0.6 is 0 Å². The molecule has 0 amide bonds. The third kappa shape index (κ3) is 4.60. The molecule has 1 N–H and O–H groups in total. The van der Waals surface area contributed by atoms with Gasteiger partial charge in [0.1, 0.15) is 0 Å². The molecular weight excluding hydrogens is 246 g/mol. The normalized spacial score (nSPS) is 18.6. The summed E-state index contributed by atoms with van der Waals surface area (Å²) in [5.41, 5.74) is 1.41. The van der Waals surface area contributed by atoms with Crippen LogP contribution in [0.1, 0.15) is 37.7 Å². The van der Waals surface area contributed by atoms with Crippen LogP contribution in [0, 0.1) is 11.8 Å². The maximum atomic E-state index is 5.74. The van der Waals surface area contributed by atoms with Crippen molar-refractivity contribution in [2.75, 3.05) is 19.8 Å². The van der Waals surface area contributed by atoms with E-state index in [2.05, 4.69) is 35.6 Å². The zero-order valence-corrected chi connectivity index (χ0v) is 12.4. The minimum Gasteiger partial charge on any atom is -0.380 e. The molecular formula is C18H27NO. The first-order chi connectivity index (χ1) is 9.93. The summed E-state index contributed by atoms with van der Waals surface area (Å²) in [5, 5.41) is 3.73. The molecule has 0 atom stereocenters. The summed E-state index contributed by atoms with van der Waals surface area (Å²) in [6, 6.07) is 11.5. The van der Waals surface area contributed by atoms with Crippen molar-refractivity contribution in [2.45, 2.75) is 44.6 Å². The van der Waals surface area contributed by atoms with Crippen molar-refractivity contribution in [2.24, 2.45) is 11.8 Å². The number of hydrogen-bond acceptors (Lipinski definition) is 2. The van der Waals surface area contributed by atoms with Gasteiger partial charge in [-0.05, 0) is 55.9 Å². The summed E-state index contributed by atoms with van der Waals surface area (Å²) in [6.07, 6.45) is 8.05. The number of aryl methyl sites for hydroxylation is 1. The van der Waals surface area contributed by atoms with E-state index in [1.54, 1.807) is 0 Å². The lowest BCUT2D eigenvalue weighted by Gasteiger charge is -2.17. The summed E-state index contributed by atoms with van der Waals surface area (Å²) in [5.74, 6) is 1.97. The standard InChI is InChI=1S/C18H27NO/c1-2-5-15(6-3-1)7-4-13-20-14-12-19-18(16-8-9-16)17-10-11-17/h1-3,5-6,16-19H,4,7-14H2. The van der Waals surface area contributed by atoms with Crippen LogP contribution in [-0.4, -0.2) is 25.8 Å². The minimum atomic E-state index is 0.808. The van der Waals surface area contributed by atoms with Crippen LogP contribution in [0.3, 0.4) is 0 Å². The fourth-order valence-electron chi connectivity index (χ4n) is 3.05. The first kappa shape index (κ1) is 14.1. The number of hydrogen-bond donors (Lipinski definition) is 1. The van der Waals surface area contributed by atoms with Gasteiger partial charge >= 0.3 is 0 Å². The lowest BCUT2D eigenvalue weighted by Crippen LogP contribution is -2.35. The lowest BCUT2D eigenvalue weighted by atomic mass is 10.1. The second kappa shape index (κ2) is 7.24. The average molecular weight is 273 g/mol. The van der Waals surface area contributed by atoms with Crippen LogP contribution in [0.4, 0.5) is 0 Å². The smallest absolute Gasteiger partial charge is 0.0591 e. The molecule has 2 nitrogen and oxygen atoms in total. The van der Waals surface area contributed by atoms with Gasteiger partial charge in [-0.15, -0.1) is 0 Å². The molecule has 0 spiro atoms. The van der Waals surface area contributed by atoms with Crippen molar-refractivity contribution in [1.82, 2.24) is 5.32 Å². The highest BCUT2D eigenvalue weighted by Gasteiger charge is 2.40. The number of nitrogens with one attached hydrogen (secondary N) is 1. The van der Waals surface area contributed by atoms with Gasteiger partial charge in [-0.3, -0.25) is 0 Å². The van der Waals surface area contributed by atoms with E-state index in [1.165, 1.54) is 31.2 Å². The Kier molecular flexibility index (Phi) is 5.10. The Bertz CT molecular complexity index is 372. The van der Waals surface area contributed by atoms with Crippen molar-refractivity contribution in [3.8, 4) is 0 Å². The highest BCUT2D eigenvalue weighted by Crippen LogP contribution is 2.44. The van der Waals surface area contributed by atoms with Gasteiger partial charge in [0.2, 0.25) is 0 Å². The molecule has 20 heavy (non-hydrogen) atoms. The van der Waals surface area contributed by atoms with E-state index < -0.39 is 0 Å². The van der Waals surface area contributed by atoms with Crippen LogP contribution in [0.5, 0.6) is 0 Å². The molecule has 2 fully saturated rings. The summed E-state index contributed by atoms with van der Waals surface area (Å²) in [4.78, 5) is 0. The first-order valence-electron chi connectivity index (χ1n) is 8.28. The van der Waals surface area contributed by atoms with Gasteiger partial charge in [-0.1, -0.05) is 30.3 Å². The molecule has 0 bridgehead atoms. The van der Waals surface area contributed by atoms with Gasteiger partial charge in [-0.25, -0.2) is 0 Å². The SMILES string of the molecule is c1ccc(CCCOCCNC(C2CC2)C2CC2)cc1. The van der Waals surface area contributed by atoms with Gasteiger partial charge in [0.05, 0.1) is 6.61 Å². The van der Waals surface area contributed by atoms with E-state index in [1.807, 2.05) is 0 Å². The third-order valence-electron chi connectivity index (χ3n) is 4.48. The van der Waals surface area contributed by atoms with Crippen molar-refractivity contribution >= 4 is 0 Å². The first-order valence-corrected chi connectivity index (χ1v) is 8.28. The predicted molar refractivity (Wildman–Crippen MR) is 82.8 cm³/mol. The Balaban J connectivity index is 1.20. The molecule has 0 radical (unpaired) electrons. The molecule has 1 aromatic carbocycles. The zero-order chi connectivity index (χ0) is 13.6. The monoisotopic (exact) mass is 273 g/mol. The van der Waals surface area contributed by atoms with Crippen LogP contribution < -0.4 is 5.32 Å². The maximum Gasteiger partial charge on any atom is 0.0591 e. The Morgan fingerprint density at radius 1 is 1.00 bits per heavy atom. The van der Waals surface area contributed by atoms with Gasteiger partial charge in [0.25, 0.3) is 0 Å². The van der Waals surface area contributed by atoms with Gasteiger partial charge in [0.15, 0.2) is 0 Å². The van der Waals surface area contributed by atoms with E-state index >= 15 is 0 Å². The molecule has 0 aliphatic heterocycles. The highest BCUT2D eigenvalue weighted by atomic mass is 16.5. The Labute approximate surface area is 122 Å². The minimum absolute atomic E-state index is 0.808. The molecule has 0 unspecified atom stereocenters. The molecule has 0 saturated heterocycles. The molecule has 2 heteroatoms. The van der Waals surface area contributed by atoms with Gasteiger partial charge in [-0.2, -0.15) is 0 Å². The molecule has 110 valence electrons. The lowest BCUT2D eigenvalue weighted by molar-refractivity contribution is 0.130. The highest BCUT2D eigenvalue weighted by molar-refractivity contribution is 5.14. The fourth-order valence-corrected chi connectivity index (χ4v) is 3.05. The molecule has 2 saturated carbocycles. The largest absolute Gasteiger partial charge is 0.380 e. The molecule has 2 aliphatic carbocycles. The molecule has 0 heterocycles. The summed E-state index contributed by atoms with van der Waals surface area (Å²) < 4.78 is 5.74. The van der Waals surface area contributed by atoms with E-state index in [0.717, 1.165) is 50.5 Å². The predicted octanol–water partition coefficient (Wildman–Crippen LogP) is 3.41. The van der Waals surface area contributed by atoms with Crippen molar-refractivity contribution in [3.63, 3.8) is 0 Å². The van der Waals surface area contributed by atoms with Crippen LogP contribution in [0.15, 0.2) is 30.3 Å². The van der Waals surface area contributed by atoms with Crippen molar-refractivity contribution in [3.05, 3.63) is 35.9 Å². The second-order valence-electron chi connectivity index (χ2n) is 6.36. The van der Waals surface area contributed by atoms with E-state index in [-0.39, 0.29) is 0 Å². The van der Waals surface area contributed by atoms with E-state index in [9.17, 15) is 0 Å². The molecule has 0 aromatic heterocycles. The topological polar surface area (TPSA) is 21.3 Å². The fraction of sp³-hybridized carbons (Fsp3) is 0.667. The van der Waals surface area contributed by atoms with Crippen LogP contribution in [0.2, 0.25) is 0 Å². The molecule has 3 rings (SSSR count). The number of benzene rings is 1. The van der Waals surface area contributed by atoms with Crippen LogP contribution in [0.25, 0.3) is 0 Å². The quantitative estimate of drug-likeness (QED) is 0.660. The molecule has 1 aromatic rings. The van der Waals surface area contributed by atoms with Crippen LogP contribution in [-0.2, 0) is 11.2 Å². The van der Waals surface area contributed by atoms with Gasteiger partial charge in [0, 0.05) is 19.2 Å². The Morgan fingerprint density at radius 2 is 1.70 bits per heavy atom. The molecule has 2 aliphatic rings. The third-order valence-corrected chi connectivity index (χ3v) is 4.48. The zero-order valence-electron chi connectivity index (χ0n) is 12.4. The Morgan fingerprint density at radius 3 is 2.35 bits per heavy atom. The van der Waals surface area contributed by atoms with E-state index in [4.69, 9.17) is 4.74 Å². The average Bonchev–Trinajstić information content (AvgIpc) is 3.37. The number of ether oxygens (including phenoxy) is 1. The van der Waals surface area contributed by atoms with Crippen molar-refractivity contribution in [1.29, 1.82) is 0 Å². The summed E-state index contributed by atoms with van der Waals surface area (Å²) in [7, 11) is 0. The number of rotatable bonds is 10. The maximum absolute atomic E-state index is 5.74. The summed E-state index contributed by atoms with van der Waals surface area (Å²) in [6.45, 7) is 2.78. The van der Waals surface area contributed by atoms with Gasteiger partial charge < -0.3 is 10.1 Å². The Hall–Kier alpha value is -0.860. The second-order valence-corrected chi connectivity index (χ2v) is 6.36. The summed E-state index contributed by atoms with van der Waals surface area (Å²) >= 11 is 0. The van der Waals surface area contributed by atoms with Crippen molar-refractivity contribution < 1.29 is 4.74 Å². The van der Waals surface area contributed by atoms with E-state index in [0.29, 0.717) is 0 Å².